The molecule has 1 heterocycles. The standard InChI is InChI=1S/C15H17NO3/c1-17-13-4-3-11(15(10-16)5-2-6-15)9-12(13)14-18-7-8-19-14/h3-4,9,14H,2,5-8H2,1H3. The molecule has 1 aromatic carbocycles. The molecule has 0 N–H and O–H groups in total. The van der Waals surface area contributed by atoms with Crippen LogP contribution in [-0.4, -0.2) is 20.3 Å². The van der Waals surface area contributed by atoms with Crippen LogP contribution in [0, 0.1) is 11.3 Å². The van der Waals surface area contributed by atoms with Crippen molar-refractivity contribution in [3.05, 3.63) is 29.3 Å². The molecule has 0 aromatic heterocycles. The van der Waals surface area contributed by atoms with Crippen LogP contribution < -0.4 is 4.74 Å². The molecular formula is C15H17NO3. The van der Waals surface area contributed by atoms with E-state index in [1.165, 1.54) is 0 Å². The summed E-state index contributed by atoms with van der Waals surface area (Å²) in [6, 6.07) is 8.37. The highest BCUT2D eigenvalue weighted by Crippen LogP contribution is 2.45. The first kappa shape index (κ1) is 12.5. The Balaban J connectivity index is 1.99. The van der Waals surface area contributed by atoms with Crippen LogP contribution in [0.2, 0.25) is 0 Å². The Morgan fingerprint density at radius 1 is 1.32 bits per heavy atom. The Bertz CT molecular complexity index is 511. The molecule has 0 amide bonds. The van der Waals surface area contributed by atoms with Crippen LogP contribution in [0.3, 0.4) is 0 Å². The molecule has 4 nitrogen and oxygen atoms in total. The van der Waals surface area contributed by atoms with Crippen LogP contribution in [0.1, 0.15) is 36.7 Å². The Kier molecular flexibility index (Phi) is 3.17. The molecule has 1 aromatic rings. The predicted octanol–water partition coefficient (Wildman–Crippen LogP) is 2.69. The number of benzene rings is 1. The second-order valence-electron chi connectivity index (χ2n) is 5.08. The summed E-state index contributed by atoms with van der Waals surface area (Å²) >= 11 is 0. The minimum Gasteiger partial charge on any atom is -0.496 e. The Morgan fingerprint density at radius 2 is 2.05 bits per heavy atom. The van der Waals surface area contributed by atoms with Crippen molar-refractivity contribution in [1.29, 1.82) is 5.26 Å². The van der Waals surface area contributed by atoms with E-state index in [9.17, 15) is 5.26 Å². The zero-order valence-electron chi connectivity index (χ0n) is 11.0. The molecule has 1 saturated carbocycles. The van der Waals surface area contributed by atoms with Gasteiger partial charge in [-0.3, -0.25) is 0 Å². The van der Waals surface area contributed by atoms with E-state index >= 15 is 0 Å². The van der Waals surface area contributed by atoms with Crippen LogP contribution in [0.15, 0.2) is 18.2 Å². The summed E-state index contributed by atoms with van der Waals surface area (Å²) in [5.74, 6) is 0.753. The van der Waals surface area contributed by atoms with Crippen LogP contribution in [0.5, 0.6) is 5.75 Å². The third-order valence-corrected chi connectivity index (χ3v) is 4.08. The number of nitrogens with zero attached hydrogens (tertiary/aromatic N) is 1. The van der Waals surface area contributed by atoms with E-state index < -0.39 is 0 Å². The molecular weight excluding hydrogens is 242 g/mol. The molecule has 0 radical (unpaired) electrons. The van der Waals surface area contributed by atoms with Gasteiger partial charge < -0.3 is 14.2 Å². The lowest BCUT2D eigenvalue weighted by Crippen LogP contribution is -2.32. The van der Waals surface area contributed by atoms with E-state index in [0.29, 0.717) is 13.2 Å². The molecule has 1 saturated heterocycles. The second kappa shape index (κ2) is 4.84. The maximum absolute atomic E-state index is 9.43. The molecule has 4 heteroatoms. The lowest BCUT2D eigenvalue weighted by Gasteiger charge is -2.36. The summed E-state index contributed by atoms with van der Waals surface area (Å²) < 4.78 is 16.5. The lowest BCUT2D eigenvalue weighted by atomic mass is 9.65. The van der Waals surface area contributed by atoms with Crippen LogP contribution in [0.25, 0.3) is 0 Å². The fraction of sp³-hybridized carbons (Fsp3) is 0.533. The Hall–Kier alpha value is -1.57. The quantitative estimate of drug-likeness (QED) is 0.837. The maximum atomic E-state index is 9.43. The third-order valence-electron chi connectivity index (χ3n) is 4.08. The van der Waals surface area contributed by atoms with Gasteiger partial charge in [-0.05, 0) is 37.0 Å². The molecule has 100 valence electrons. The summed E-state index contributed by atoms with van der Waals surface area (Å²) in [6.07, 6.45) is 2.61. The zero-order chi connectivity index (χ0) is 13.3. The SMILES string of the molecule is COc1ccc(C2(C#N)CCC2)cc1C1OCCO1. The third kappa shape index (κ3) is 1.99. The van der Waals surface area contributed by atoms with Gasteiger partial charge in [0, 0.05) is 0 Å². The molecule has 0 unspecified atom stereocenters. The monoisotopic (exact) mass is 259 g/mol. The summed E-state index contributed by atoms with van der Waals surface area (Å²) in [4.78, 5) is 0. The number of hydrogen-bond donors (Lipinski definition) is 0. The van der Waals surface area contributed by atoms with Crippen molar-refractivity contribution in [1.82, 2.24) is 0 Å². The highest BCUT2D eigenvalue weighted by molar-refractivity contribution is 5.44. The average molecular weight is 259 g/mol. The first-order valence-electron chi connectivity index (χ1n) is 6.62. The van der Waals surface area contributed by atoms with E-state index in [0.717, 1.165) is 36.1 Å². The smallest absolute Gasteiger partial charge is 0.187 e. The number of rotatable bonds is 3. The largest absolute Gasteiger partial charge is 0.496 e. The summed E-state index contributed by atoms with van der Waals surface area (Å²) in [5, 5.41) is 9.43. The van der Waals surface area contributed by atoms with Gasteiger partial charge in [0.15, 0.2) is 6.29 Å². The number of hydrogen-bond acceptors (Lipinski definition) is 4. The summed E-state index contributed by atoms with van der Waals surface area (Å²) in [6.45, 7) is 1.20. The first-order chi connectivity index (χ1) is 9.29. The number of nitriles is 1. The fourth-order valence-electron chi connectivity index (χ4n) is 2.75. The van der Waals surface area contributed by atoms with Crippen molar-refractivity contribution in [3.63, 3.8) is 0 Å². The van der Waals surface area contributed by atoms with E-state index in [-0.39, 0.29) is 11.7 Å². The minimum absolute atomic E-state index is 0.320. The van der Waals surface area contributed by atoms with Gasteiger partial charge in [-0.1, -0.05) is 6.07 Å². The predicted molar refractivity (Wildman–Crippen MR) is 68.8 cm³/mol. The summed E-state index contributed by atoms with van der Waals surface area (Å²) in [7, 11) is 1.64. The van der Waals surface area contributed by atoms with Gasteiger partial charge >= 0.3 is 0 Å². The van der Waals surface area contributed by atoms with Crippen molar-refractivity contribution < 1.29 is 14.2 Å². The van der Waals surface area contributed by atoms with Crippen LogP contribution in [-0.2, 0) is 14.9 Å². The van der Waals surface area contributed by atoms with Crippen LogP contribution >= 0.6 is 0 Å². The molecule has 1 aliphatic heterocycles. The van der Waals surface area contributed by atoms with Crippen molar-refractivity contribution in [2.24, 2.45) is 0 Å². The van der Waals surface area contributed by atoms with Crippen molar-refractivity contribution >= 4 is 0 Å². The molecule has 0 bridgehead atoms. The van der Waals surface area contributed by atoms with Gasteiger partial charge in [-0.25, -0.2) is 0 Å². The Labute approximate surface area is 112 Å². The van der Waals surface area contributed by atoms with E-state index in [2.05, 4.69) is 6.07 Å². The van der Waals surface area contributed by atoms with Gasteiger partial charge in [-0.15, -0.1) is 0 Å². The van der Waals surface area contributed by atoms with Crippen molar-refractivity contribution in [3.8, 4) is 11.8 Å². The first-order valence-corrected chi connectivity index (χ1v) is 6.62. The van der Waals surface area contributed by atoms with E-state index in [1.54, 1.807) is 7.11 Å². The lowest BCUT2D eigenvalue weighted by molar-refractivity contribution is -0.0455. The highest BCUT2D eigenvalue weighted by atomic mass is 16.7. The van der Waals surface area contributed by atoms with E-state index in [4.69, 9.17) is 14.2 Å². The molecule has 0 spiro atoms. The number of methoxy groups -OCH3 is 1. The molecule has 3 rings (SSSR count). The van der Waals surface area contributed by atoms with Gasteiger partial charge in [0.2, 0.25) is 0 Å². The van der Waals surface area contributed by atoms with Gasteiger partial charge in [0.05, 0.1) is 37.4 Å². The average Bonchev–Trinajstić information content (AvgIpc) is 2.92. The zero-order valence-corrected chi connectivity index (χ0v) is 11.0. The van der Waals surface area contributed by atoms with Crippen molar-refractivity contribution in [2.75, 3.05) is 20.3 Å². The van der Waals surface area contributed by atoms with Gasteiger partial charge in [0.25, 0.3) is 0 Å². The number of ether oxygens (including phenoxy) is 3. The normalized spacial score (nSPS) is 21.7. The minimum atomic E-state index is -0.370. The topological polar surface area (TPSA) is 51.5 Å². The highest BCUT2D eigenvalue weighted by Gasteiger charge is 2.39. The van der Waals surface area contributed by atoms with Crippen LogP contribution in [0.4, 0.5) is 0 Å². The maximum Gasteiger partial charge on any atom is 0.187 e. The van der Waals surface area contributed by atoms with Gasteiger partial charge in [-0.2, -0.15) is 5.26 Å². The van der Waals surface area contributed by atoms with Crippen molar-refractivity contribution in [2.45, 2.75) is 31.0 Å². The molecule has 1 aliphatic carbocycles. The summed E-state index contributed by atoms with van der Waals surface area (Å²) in [5.41, 5.74) is 1.62. The Morgan fingerprint density at radius 3 is 2.58 bits per heavy atom. The molecule has 0 atom stereocenters. The molecule has 2 fully saturated rings. The molecule has 19 heavy (non-hydrogen) atoms. The van der Waals surface area contributed by atoms with E-state index in [1.807, 2.05) is 18.2 Å². The van der Waals surface area contributed by atoms with Gasteiger partial charge in [0.1, 0.15) is 5.75 Å². The molecule has 2 aliphatic rings. The second-order valence-corrected chi connectivity index (χ2v) is 5.08. The fourth-order valence-corrected chi connectivity index (χ4v) is 2.75.